The van der Waals surface area contributed by atoms with Gasteiger partial charge in [0.1, 0.15) is 0 Å². The SMILES string of the molecule is CCCCC/C=C\C/C=C\CCCCCCCCCCCCC(=O)O. The number of allylic oxidation sites excluding steroid dienone is 4. The van der Waals surface area contributed by atoms with Crippen LogP contribution in [0.15, 0.2) is 24.3 Å². The third-order valence-electron chi connectivity index (χ3n) is 4.59. The summed E-state index contributed by atoms with van der Waals surface area (Å²) in [6.45, 7) is 2.25. The lowest BCUT2D eigenvalue weighted by Crippen LogP contribution is -1.93. The van der Waals surface area contributed by atoms with E-state index >= 15 is 0 Å². The third kappa shape index (κ3) is 22.9. The van der Waals surface area contributed by atoms with Crippen LogP contribution in [-0.4, -0.2) is 11.1 Å². The Bertz CT molecular complexity index is 331. The molecule has 0 rings (SSSR count). The summed E-state index contributed by atoms with van der Waals surface area (Å²) in [6, 6.07) is 0. The minimum atomic E-state index is -0.659. The number of carbonyl (C=O) groups is 1. The summed E-state index contributed by atoms with van der Waals surface area (Å²) in [5.41, 5.74) is 0. The largest absolute Gasteiger partial charge is 0.481 e. The van der Waals surface area contributed by atoms with Crippen LogP contribution in [0.5, 0.6) is 0 Å². The van der Waals surface area contributed by atoms with E-state index < -0.39 is 5.97 Å². The highest BCUT2D eigenvalue weighted by Gasteiger charge is 1.96. The summed E-state index contributed by atoms with van der Waals surface area (Å²) in [7, 11) is 0. The lowest BCUT2D eigenvalue weighted by molar-refractivity contribution is -0.137. The van der Waals surface area contributed by atoms with Crippen molar-refractivity contribution in [2.75, 3.05) is 0 Å². The molecule has 2 nitrogen and oxygen atoms in total. The molecule has 25 heavy (non-hydrogen) atoms. The molecule has 0 amide bonds. The Morgan fingerprint density at radius 3 is 1.56 bits per heavy atom. The van der Waals surface area contributed by atoms with Crippen molar-refractivity contribution < 1.29 is 9.90 Å². The van der Waals surface area contributed by atoms with Crippen LogP contribution in [0.3, 0.4) is 0 Å². The van der Waals surface area contributed by atoms with Crippen LogP contribution in [-0.2, 0) is 4.79 Å². The summed E-state index contributed by atoms with van der Waals surface area (Å²) >= 11 is 0. The molecular weight excluding hydrogens is 308 g/mol. The van der Waals surface area contributed by atoms with E-state index in [1.165, 1.54) is 83.5 Å². The van der Waals surface area contributed by atoms with Gasteiger partial charge in [0.25, 0.3) is 0 Å². The number of hydrogen-bond donors (Lipinski definition) is 1. The molecule has 0 aromatic heterocycles. The summed E-state index contributed by atoms with van der Waals surface area (Å²) in [4.78, 5) is 10.4. The average molecular weight is 351 g/mol. The van der Waals surface area contributed by atoms with E-state index in [2.05, 4.69) is 31.2 Å². The Labute approximate surface area is 156 Å². The van der Waals surface area contributed by atoms with Gasteiger partial charge in [-0.25, -0.2) is 0 Å². The smallest absolute Gasteiger partial charge is 0.303 e. The Morgan fingerprint density at radius 2 is 1.08 bits per heavy atom. The summed E-state index contributed by atoms with van der Waals surface area (Å²) in [5.74, 6) is -0.659. The fourth-order valence-electron chi connectivity index (χ4n) is 2.97. The molecule has 2 heteroatoms. The van der Waals surface area contributed by atoms with E-state index in [4.69, 9.17) is 5.11 Å². The van der Waals surface area contributed by atoms with Gasteiger partial charge in [-0.15, -0.1) is 0 Å². The molecular formula is C23H42O2. The molecule has 0 fully saturated rings. The zero-order chi connectivity index (χ0) is 18.4. The average Bonchev–Trinajstić information content (AvgIpc) is 2.60. The number of carboxylic acid groups (broad SMARTS) is 1. The van der Waals surface area contributed by atoms with Gasteiger partial charge in [-0.2, -0.15) is 0 Å². The zero-order valence-electron chi connectivity index (χ0n) is 16.7. The van der Waals surface area contributed by atoms with Gasteiger partial charge in [0.2, 0.25) is 0 Å². The van der Waals surface area contributed by atoms with E-state index in [1.54, 1.807) is 0 Å². The first kappa shape index (κ1) is 23.9. The van der Waals surface area contributed by atoms with Crippen LogP contribution in [0, 0.1) is 0 Å². The molecule has 0 aliphatic heterocycles. The quantitative estimate of drug-likeness (QED) is 0.190. The normalized spacial score (nSPS) is 11.7. The molecule has 146 valence electrons. The molecule has 0 aliphatic carbocycles. The van der Waals surface area contributed by atoms with E-state index in [0.717, 1.165) is 19.3 Å². The fourth-order valence-corrected chi connectivity index (χ4v) is 2.97. The molecule has 0 bridgehead atoms. The molecule has 0 unspecified atom stereocenters. The van der Waals surface area contributed by atoms with Crippen LogP contribution in [0.25, 0.3) is 0 Å². The van der Waals surface area contributed by atoms with E-state index in [1.807, 2.05) is 0 Å². The zero-order valence-corrected chi connectivity index (χ0v) is 16.7. The van der Waals surface area contributed by atoms with Gasteiger partial charge in [0, 0.05) is 6.42 Å². The molecule has 1 N–H and O–H groups in total. The molecule has 0 spiro atoms. The van der Waals surface area contributed by atoms with Crippen LogP contribution in [0.4, 0.5) is 0 Å². The predicted molar refractivity (Wildman–Crippen MR) is 110 cm³/mol. The Kier molecular flexibility index (Phi) is 20.1. The second kappa shape index (κ2) is 21.0. The molecule has 0 aromatic carbocycles. The minimum absolute atomic E-state index is 0.337. The molecule has 0 saturated carbocycles. The Hall–Kier alpha value is -1.05. The number of carboxylic acids is 1. The van der Waals surface area contributed by atoms with Crippen LogP contribution < -0.4 is 0 Å². The first-order chi connectivity index (χ1) is 12.3. The Balaban J connectivity index is 3.13. The Morgan fingerprint density at radius 1 is 0.640 bits per heavy atom. The highest BCUT2D eigenvalue weighted by atomic mass is 16.4. The summed E-state index contributed by atoms with van der Waals surface area (Å²) in [6.07, 6.45) is 29.6. The van der Waals surface area contributed by atoms with Crippen LogP contribution in [0.2, 0.25) is 0 Å². The first-order valence-corrected chi connectivity index (χ1v) is 10.8. The van der Waals surface area contributed by atoms with Gasteiger partial charge in [-0.05, 0) is 38.5 Å². The lowest BCUT2D eigenvalue weighted by Gasteiger charge is -2.01. The number of aliphatic carboxylic acids is 1. The highest BCUT2D eigenvalue weighted by molar-refractivity contribution is 5.66. The second-order valence-corrected chi connectivity index (χ2v) is 7.14. The van der Waals surface area contributed by atoms with E-state index in [0.29, 0.717) is 6.42 Å². The van der Waals surface area contributed by atoms with E-state index in [9.17, 15) is 4.79 Å². The monoisotopic (exact) mass is 350 g/mol. The van der Waals surface area contributed by atoms with Gasteiger partial charge < -0.3 is 5.11 Å². The van der Waals surface area contributed by atoms with E-state index in [-0.39, 0.29) is 0 Å². The minimum Gasteiger partial charge on any atom is -0.481 e. The molecule has 0 saturated heterocycles. The van der Waals surface area contributed by atoms with Crippen molar-refractivity contribution in [2.24, 2.45) is 0 Å². The van der Waals surface area contributed by atoms with Gasteiger partial charge in [-0.3, -0.25) is 4.79 Å². The highest BCUT2D eigenvalue weighted by Crippen LogP contribution is 2.12. The van der Waals surface area contributed by atoms with Crippen molar-refractivity contribution in [1.82, 2.24) is 0 Å². The predicted octanol–water partition coefficient (Wildman–Crippen LogP) is 7.84. The van der Waals surface area contributed by atoms with Crippen molar-refractivity contribution in [3.8, 4) is 0 Å². The molecule has 0 aliphatic rings. The number of hydrogen-bond acceptors (Lipinski definition) is 1. The maximum absolute atomic E-state index is 10.4. The third-order valence-corrected chi connectivity index (χ3v) is 4.59. The topological polar surface area (TPSA) is 37.3 Å². The molecule has 0 radical (unpaired) electrons. The van der Waals surface area contributed by atoms with Gasteiger partial charge in [-0.1, -0.05) is 95.4 Å². The summed E-state index contributed by atoms with van der Waals surface area (Å²) in [5, 5.41) is 8.56. The number of rotatable bonds is 19. The fraction of sp³-hybridized carbons (Fsp3) is 0.783. The first-order valence-electron chi connectivity index (χ1n) is 10.8. The standard InChI is InChI=1S/C23H42O2/c1-2-3-4-5-6-7-8-9-10-11-12-13-14-15-16-17-18-19-20-21-22-23(24)25/h6-7,9-10H,2-5,8,11-22H2,1H3,(H,24,25)/b7-6-,10-9-. The molecule has 0 atom stereocenters. The second-order valence-electron chi connectivity index (χ2n) is 7.14. The lowest BCUT2D eigenvalue weighted by atomic mass is 10.1. The van der Waals surface area contributed by atoms with Crippen molar-refractivity contribution in [3.05, 3.63) is 24.3 Å². The van der Waals surface area contributed by atoms with Crippen LogP contribution in [0.1, 0.15) is 116 Å². The number of unbranched alkanes of at least 4 members (excludes halogenated alkanes) is 13. The molecule has 0 aromatic rings. The van der Waals surface area contributed by atoms with Crippen molar-refractivity contribution >= 4 is 5.97 Å². The van der Waals surface area contributed by atoms with Gasteiger partial charge in [0.05, 0.1) is 0 Å². The van der Waals surface area contributed by atoms with Crippen molar-refractivity contribution in [1.29, 1.82) is 0 Å². The van der Waals surface area contributed by atoms with Gasteiger partial charge >= 0.3 is 5.97 Å². The van der Waals surface area contributed by atoms with Crippen molar-refractivity contribution in [3.63, 3.8) is 0 Å². The maximum atomic E-state index is 10.4. The maximum Gasteiger partial charge on any atom is 0.303 e. The summed E-state index contributed by atoms with van der Waals surface area (Å²) < 4.78 is 0. The molecule has 0 heterocycles. The van der Waals surface area contributed by atoms with Gasteiger partial charge in [0.15, 0.2) is 0 Å². The van der Waals surface area contributed by atoms with Crippen LogP contribution >= 0.6 is 0 Å². The van der Waals surface area contributed by atoms with Crippen molar-refractivity contribution in [2.45, 2.75) is 116 Å².